The summed E-state index contributed by atoms with van der Waals surface area (Å²) in [6.45, 7) is 3.48. The van der Waals surface area contributed by atoms with E-state index in [1.54, 1.807) is 6.07 Å². The van der Waals surface area contributed by atoms with E-state index in [0.717, 1.165) is 42.0 Å². The number of amides is 2. The van der Waals surface area contributed by atoms with E-state index in [9.17, 15) is 41.0 Å². The van der Waals surface area contributed by atoms with E-state index in [-0.39, 0.29) is 24.2 Å². The van der Waals surface area contributed by atoms with Crippen molar-refractivity contribution in [3.63, 3.8) is 0 Å². The molecule has 1 fully saturated rings. The van der Waals surface area contributed by atoms with E-state index in [0.29, 0.717) is 56.5 Å². The summed E-state index contributed by atoms with van der Waals surface area (Å²) in [6.07, 6.45) is -2.39. The number of carboxylic acid groups (broad SMARTS) is 2. The van der Waals surface area contributed by atoms with Crippen LogP contribution in [-0.2, 0) is 32.0 Å². The zero-order valence-electron chi connectivity index (χ0n) is 27.9. The summed E-state index contributed by atoms with van der Waals surface area (Å²) in [5.41, 5.74) is 2.38. The van der Waals surface area contributed by atoms with Gasteiger partial charge in [0, 0.05) is 37.1 Å². The highest BCUT2D eigenvalue weighted by atomic mass is 35.5. The quantitative estimate of drug-likeness (QED) is 0.0907. The summed E-state index contributed by atoms with van der Waals surface area (Å²) in [7, 11) is 0. The lowest BCUT2D eigenvalue weighted by atomic mass is 9.94. The van der Waals surface area contributed by atoms with Gasteiger partial charge in [-0.05, 0) is 62.0 Å². The van der Waals surface area contributed by atoms with Crippen molar-refractivity contribution in [1.29, 1.82) is 0 Å². The number of phenols is 1. The average Bonchev–Trinajstić information content (AvgIpc) is 3.08. The minimum atomic E-state index is -5.08. The second kappa shape index (κ2) is 21.3. The molecule has 1 aliphatic heterocycles. The smallest absolute Gasteiger partial charge is 0.490 e. The first kappa shape index (κ1) is 43.9. The molecular formula is C33H41ClF6N4O8. The van der Waals surface area contributed by atoms with Crippen LogP contribution in [0.1, 0.15) is 49.7 Å². The van der Waals surface area contributed by atoms with Crippen LogP contribution in [0.2, 0.25) is 5.02 Å². The number of carboxylic acids is 2. The second-order valence-electron chi connectivity index (χ2n) is 11.6. The third kappa shape index (κ3) is 15.5. The normalized spacial score (nSPS) is 14.3. The number of carbonyl (C=O) groups excluding carboxylic acids is 2. The molecule has 1 heterocycles. The zero-order valence-corrected chi connectivity index (χ0v) is 28.7. The fraction of sp³-hybridized carbons (Fsp3) is 0.515. The van der Waals surface area contributed by atoms with Gasteiger partial charge in [0.2, 0.25) is 5.91 Å². The first-order valence-corrected chi connectivity index (χ1v) is 16.6. The molecule has 4 rings (SSSR count). The highest BCUT2D eigenvalue weighted by molar-refractivity contribution is 6.31. The molecular weight excluding hydrogens is 730 g/mol. The lowest BCUT2D eigenvalue weighted by Gasteiger charge is -2.34. The van der Waals surface area contributed by atoms with Gasteiger partial charge in [-0.1, -0.05) is 55.1 Å². The fourth-order valence-corrected chi connectivity index (χ4v) is 5.48. The molecule has 2 amide bonds. The van der Waals surface area contributed by atoms with Crippen LogP contribution in [-0.4, -0.2) is 102 Å². The maximum Gasteiger partial charge on any atom is 0.490 e. The molecule has 2 aromatic carbocycles. The Bertz CT molecular complexity index is 1470. The minimum absolute atomic E-state index is 0.00440. The van der Waals surface area contributed by atoms with Gasteiger partial charge in [-0.2, -0.15) is 26.3 Å². The van der Waals surface area contributed by atoms with Crippen molar-refractivity contribution in [2.75, 3.05) is 44.6 Å². The average molecular weight is 771 g/mol. The predicted octanol–water partition coefficient (Wildman–Crippen LogP) is 5.16. The van der Waals surface area contributed by atoms with Crippen molar-refractivity contribution in [1.82, 2.24) is 15.5 Å². The Morgan fingerprint density at radius 1 is 0.846 bits per heavy atom. The van der Waals surface area contributed by atoms with Crippen LogP contribution in [0.25, 0.3) is 0 Å². The van der Waals surface area contributed by atoms with Gasteiger partial charge in [-0.25, -0.2) is 9.59 Å². The number of phenolic OH excluding ortho intramolecular Hbond substituents is 1. The van der Waals surface area contributed by atoms with Gasteiger partial charge >= 0.3 is 24.3 Å². The number of benzene rings is 2. The lowest BCUT2D eigenvalue weighted by molar-refractivity contribution is -0.193. The van der Waals surface area contributed by atoms with Gasteiger partial charge < -0.3 is 40.9 Å². The van der Waals surface area contributed by atoms with Gasteiger partial charge in [-0.3, -0.25) is 9.59 Å². The van der Waals surface area contributed by atoms with Crippen LogP contribution in [0, 0.1) is 0 Å². The van der Waals surface area contributed by atoms with E-state index in [2.05, 4.69) is 20.9 Å². The summed E-state index contributed by atoms with van der Waals surface area (Å²) >= 11 is 6.24. The van der Waals surface area contributed by atoms with Crippen molar-refractivity contribution in [2.24, 2.45) is 0 Å². The summed E-state index contributed by atoms with van der Waals surface area (Å²) in [4.78, 5) is 44.7. The number of carbonyl (C=O) groups is 4. The number of aromatic hydroxyl groups is 1. The number of alkyl halides is 6. The maximum absolute atomic E-state index is 13.2. The topological polar surface area (TPSA) is 178 Å². The minimum Gasteiger partial charge on any atom is -0.506 e. The number of nitrogens with one attached hydrogen (secondary N) is 3. The Kier molecular flexibility index (Phi) is 18.0. The van der Waals surface area contributed by atoms with Crippen LogP contribution in [0.15, 0.2) is 36.4 Å². The molecule has 290 valence electrons. The van der Waals surface area contributed by atoms with Crippen LogP contribution < -0.4 is 20.7 Å². The first-order valence-electron chi connectivity index (χ1n) is 16.2. The molecule has 0 radical (unpaired) electrons. The molecule has 1 aliphatic carbocycles. The number of aliphatic carboxylic acids is 2. The molecule has 12 nitrogen and oxygen atoms in total. The number of hydrogen-bond acceptors (Lipinski definition) is 8. The Morgan fingerprint density at radius 3 is 1.98 bits per heavy atom. The lowest BCUT2D eigenvalue weighted by Crippen LogP contribution is -2.45. The van der Waals surface area contributed by atoms with Crippen molar-refractivity contribution in [3.8, 4) is 11.5 Å². The van der Waals surface area contributed by atoms with Gasteiger partial charge in [-0.15, -0.1) is 0 Å². The third-order valence-electron chi connectivity index (χ3n) is 7.80. The van der Waals surface area contributed by atoms with E-state index in [1.807, 2.05) is 30.3 Å². The number of ether oxygens (including phenoxy) is 1. The van der Waals surface area contributed by atoms with Crippen molar-refractivity contribution >= 4 is 41.0 Å². The summed E-state index contributed by atoms with van der Waals surface area (Å²) in [5, 5.41) is 34.6. The van der Waals surface area contributed by atoms with E-state index >= 15 is 0 Å². The molecule has 2 aromatic rings. The van der Waals surface area contributed by atoms with E-state index < -0.39 is 24.3 Å². The van der Waals surface area contributed by atoms with Crippen molar-refractivity contribution < 1.29 is 65.6 Å². The molecule has 19 heteroatoms. The van der Waals surface area contributed by atoms with Crippen LogP contribution >= 0.6 is 11.6 Å². The molecule has 6 N–H and O–H groups in total. The molecule has 0 unspecified atom stereocenters. The SMILES string of the molecule is O=C(O)C(F)(F)F.O=C(O)C(F)(F)F.O=C1COc2c(CCNCCN(C(=O)CCNCCc3ccccc3Cl)C3CCCCC3)ccc(O)c2N1. The number of rotatable bonds is 13. The van der Waals surface area contributed by atoms with Gasteiger partial charge in [0.15, 0.2) is 12.4 Å². The molecule has 0 atom stereocenters. The Labute approximate surface area is 300 Å². The fourth-order valence-electron chi connectivity index (χ4n) is 5.25. The summed E-state index contributed by atoms with van der Waals surface area (Å²) in [6, 6.07) is 11.6. The van der Waals surface area contributed by atoms with Gasteiger partial charge in [0.25, 0.3) is 5.91 Å². The number of fused-ring (bicyclic) bond motifs is 1. The van der Waals surface area contributed by atoms with Crippen LogP contribution in [0.3, 0.4) is 0 Å². The van der Waals surface area contributed by atoms with E-state index in [4.69, 9.17) is 36.1 Å². The maximum atomic E-state index is 13.2. The molecule has 0 spiro atoms. The summed E-state index contributed by atoms with van der Waals surface area (Å²) in [5.74, 6) is -5.04. The monoisotopic (exact) mass is 770 g/mol. The number of anilines is 1. The Morgan fingerprint density at radius 2 is 1.40 bits per heavy atom. The first-order chi connectivity index (χ1) is 24.4. The highest BCUT2D eigenvalue weighted by Crippen LogP contribution is 2.39. The summed E-state index contributed by atoms with van der Waals surface area (Å²) < 4.78 is 69.0. The van der Waals surface area contributed by atoms with Crippen molar-refractivity contribution in [2.45, 2.75) is 69.8 Å². The Balaban J connectivity index is 0.000000564. The number of nitrogens with zero attached hydrogens (tertiary/aromatic N) is 1. The third-order valence-corrected chi connectivity index (χ3v) is 8.16. The molecule has 0 aromatic heterocycles. The van der Waals surface area contributed by atoms with E-state index in [1.165, 1.54) is 19.3 Å². The van der Waals surface area contributed by atoms with Crippen LogP contribution in [0.5, 0.6) is 11.5 Å². The second-order valence-corrected chi connectivity index (χ2v) is 12.0. The largest absolute Gasteiger partial charge is 0.506 e. The number of halogens is 7. The molecule has 0 saturated heterocycles. The zero-order chi connectivity index (χ0) is 38.9. The molecule has 52 heavy (non-hydrogen) atoms. The molecule has 0 bridgehead atoms. The molecule has 1 saturated carbocycles. The predicted molar refractivity (Wildman–Crippen MR) is 177 cm³/mol. The van der Waals surface area contributed by atoms with Crippen molar-refractivity contribution in [3.05, 3.63) is 52.5 Å². The van der Waals surface area contributed by atoms with Gasteiger partial charge in [0.1, 0.15) is 11.4 Å². The standard InChI is InChI=1S/C29H39ClN4O4.2C2HF3O2/c30-24-9-5-4-6-21(24)12-15-31-17-14-27(37)34(23-7-2-1-3-8-23)19-18-32-16-13-22-10-11-25(35)28-29(22)38-20-26(36)33-28;2*3-2(4,5)1(6)7/h4-6,9-11,23,31-32,35H,1-3,7-8,12-20H2,(H,33,36);2*(H,6,7). The number of hydrogen-bond donors (Lipinski definition) is 6. The van der Waals surface area contributed by atoms with Gasteiger partial charge in [0.05, 0.1) is 0 Å². The van der Waals surface area contributed by atoms with Crippen LogP contribution in [0.4, 0.5) is 32.0 Å². The highest BCUT2D eigenvalue weighted by Gasteiger charge is 2.39. The Hall–Kier alpha value is -4.29. The molecule has 2 aliphatic rings.